The van der Waals surface area contributed by atoms with Gasteiger partial charge in [-0.1, -0.05) is 13.0 Å². The molecule has 3 nitrogen and oxygen atoms in total. The van der Waals surface area contributed by atoms with E-state index in [1.807, 2.05) is 0 Å². The van der Waals surface area contributed by atoms with E-state index in [4.69, 9.17) is 9.16 Å². The van der Waals surface area contributed by atoms with E-state index in [1.165, 1.54) is 12.5 Å². The lowest BCUT2D eigenvalue weighted by atomic mass is 9.95. The summed E-state index contributed by atoms with van der Waals surface area (Å²) in [5, 5.41) is 0. The SMILES string of the molecule is C=C(C)C(=O)OCCCC1(C)CCC[Si](C)(C)O1. The molecule has 104 valence electrons. The number of carbonyl (C=O) groups excluding carboxylic acids is 1. The van der Waals surface area contributed by atoms with E-state index in [9.17, 15) is 4.79 Å². The molecule has 0 radical (unpaired) electrons. The van der Waals surface area contributed by atoms with Crippen molar-refractivity contribution in [3.05, 3.63) is 12.2 Å². The molecule has 1 heterocycles. The van der Waals surface area contributed by atoms with Gasteiger partial charge in [0.15, 0.2) is 8.32 Å². The van der Waals surface area contributed by atoms with E-state index in [0.717, 1.165) is 19.3 Å². The first-order chi connectivity index (χ1) is 8.24. The average molecular weight is 270 g/mol. The fraction of sp³-hybridized carbons (Fsp3) is 0.786. The van der Waals surface area contributed by atoms with Crippen molar-refractivity contribution in [2.75, 3.05) is 6.61 Å². The lowest BCUT2D eigenvalue weighted by molar-refractivity contribution is -0.139. The highest BCUT2D eigenvalue weighted by atomic mass is 28.4. The Balaban J connectivity index is 2.30. The first-order valence-electron chi connectivity index (χ1n) is 6.77. The highest BCUT2D eigenvalue weighted by Crippen LogP contribution is 2.36. The largest absolute Gasteiger partial charge is 0.462 e. The van der Waals surface area contributed by atoms with Gasteiger partial charge in [0.2, 0.25) is 0 Å². The van der Waals surface area contributed by atoms with Crippen molar-refractivity contribution in [1.82, 2.24) is 0 Å². The van der Waals surface area contributed by atoms with Crippen LogP contribution >= 0.6 is 0 Å². The normalized spacial score (nSPS) is 26.7. The maximum atomic E-state index is 11.2. The van der Waals surface area contributed by atoms with Crippen LogP contribution in [0.1, 0.15) is 39.5 Å². The van der Waals surface area contributed by atoms with E-state index in [2.05, 4.69) is 26.6 Å². The summed E-state index contributed by atoms with van der Waals surface area (Å²) in [6, 6.07) is 1.26. The first-order valence-corrected chi connectivity index (χ1v) is 9.88. The standard InChI is InChI=1S/C14H26O3Si/c1-12(2)13(15)16-10-6-8-14(3)9-7-11-18(4,5)17-14/h1,6-11H2,2-5H3. The average Bonchev–Trinajstić information content (AvgIpc) is 2.22. The van der Waals surface area contributed by atoms with Crippen molar-refractivity contribution in [2.45, 2.75) is 64.3 Å². The predicted molar refractivity (Wildman–Crippen MR) is 76.0 cm³/mol. The molecule has 0 saturated carbocycles. The van der Waals surface area contributed by atoms with Gasteiger partial charge in [-0.05, 0) is 52.2 Å². The summed E-state index contributed by atoms with van der Waals surface area (Å²) < 4.78 is 11.4. The molecule has 1 fully saturated rings. The van der Waals surface area contributed by atoms with Crippen molar-refractivity contribution in [1.29, 1.82) is 0 Å². The molecule has 0 N–H and O–H groups in total. The van der Waals surface area contributed by atoms with Crippen molar-refractivity contribution in [3.8, 4) is 0 Å². The van der Waals surface area contributed by atoms with Crippen LogP contribution in [0.25, 0.3) is 0 Å². The van der Waals surface area contributed by atoms with Crippen LogP contribution in [-0.2, 0) is 14.0 Å². The third-order valence-electron chi connectivity index (χ3n) is 3.44. The molecule has 1 saturated heterocycles. The predicted octanol–water partition coefficient (Wildman–Crippen LogP) is 3.66. The molecule has 1 unspecified atom stereocenters. The summed E-state index contributed by atoms with van der Waals surface area (Å²) in [6.45, 7) is 12.5. The van der Waals surface area contributed by atoms with Gasteiger partial charge in [-0.2, -0.15) is 0 Å². The fourth-order valence-electron chi connectivity index (χ4n) is 2.57. The Morgan fingerprint density at radius 2 is 2.17 bits per heavy atom. The molecule has 0 aromatic heterocycles. The summed E-state index contributed by atoms with van der Waals surface area (Å²) in [5.74, 6) is -0.292. The van der Waals surface area contributed by atoms with E-state index in [1.54, 1.807) is 6.92 Å². The van der Waals surface area contributed by atoms with Crippen molar-refractivity contribution in [3.63, 3.8) is 0 Å². The summed E-state index contributed by atoms with van der Waals surface area (Å²) >= 11 is 0. The molecule has 1 aliphatic heterocycles. The smallest absolute Gasteiger partial charge is 0.333 e. The zero-order valence-corrected chi connectivity index (χ0v) is 13.2. The van der Waals surface area contributed by atoms with E-state index in [0.29, 0.717) is 12.2 Å². The topological polar surface area (TPSA) is 35.5 Å². The van der Waals surface area contributed by atoms with E-state index >= 15 is 0 Å². The minimum absolute atomic E-state index is 0.0103. The zero-order chi connectivity index (χ0) is 13.8. The van der Waals surface area contributed by atoms with Crippen molar-refractivity contribution < 1.29 is 14.0 Å². The number of ether oxygens (including phenoxy) is 1. The lowest BCUT2D eigenvalue weighted by Crippen LogP contribution is -2.46. The Kier molecular flexibility index (Phi) is 5.17. The van der Waals surface area contributed by atoms with Gasteiger partial charge >= 0.3 is 5.97 Å². The van der Waals surface area contributed by atoms with Gasteiger partial charge in [-0.3, -0.25) is 0 Å². The van der Waals surface area contributed by atoms with Crippen molar-refractivity contribution >= 4 is 14.3 Å². The number of rotatable bonds is 5. The highest BCUT2D eigenvalue weighted by Gasteiger charge is 2.38. The quantitative estimate of drug-likeness (QED) is 0.331. The molecule has 0 aliphatic carbocycles. The first kappa shape index (κ1) is 15.4. The Morgan fingerprint density at radius 1 is 1.50 bits per heavy atom. The van der Waals surface area contributed by atoms with Crippen LogP contribution in [-0.4, -0.2) is 26.5 Å². The van der Waals surface area contributed by atoms with Crippen LogP contribution in [0.15, 0.2) is 12.2 Å². The molecule has 0 aromatic rings. The molecular formula is C14H26O3Si. The van der Waals surface area contributed by atoms with Crippen molar-refractivity contribution in [2.24, 2.45) is 0 Å². The van der Waals surface area contributed by atoms with Gasteiger partial charge in [0, 0.05) is 5.57 Å². The maximum Gasteiger partial charge on any atom is 0.333 e. The molecule has 4 heteroatoms. The zero-order valence-electron chi connectivity index (χ0n) is 12.2. The second-order valence-corrected chi connectivity index (χ2v) is 10.4. The van der Waals surface area contributed by atoms with Gasteiger partial charge in [0.25, 0.3) is 0 Å². The molecule has 1 atom stereocenters. The maximum absolute atomic E-state index is 11.2. The summed E-state index contributed by atoms with van der Waals surface area (Å²) in [4.78, 5) is 11.2. The van der Waals surface area contributed by atoms with Gasteiger partial charge in [-0.15, -0.1) is 0 Å². The molecule has 0 amide bonds. The van der Waals surface area contributed by atoms with E-state index < -0.39 is 8.32 Å². The summed E-state index contributed by atoms with van der Waals surface area (Å²) in [5.41, 5.74) is 0.451. The van der Waals surface area contributed by atoms with Crippen LogP contribution in [0, 0.1) is 0 Å². The van der Waals surface area contributed by atoms with Crippen LogP contribution in [0.4, 0.5) is 0 Å². The molecule has 18 heavy (non-hydrogen) atoms. The monoisotopic (exact) mass is 270 g/mol. The third-order valence-corrected chi connectivity index (χ3v) is 6.04. The number of esters is 1. The Bertz CT molecular complexity index is 325. The minimum atomic E-state index is -1.45. The Labute approximate surface area is 112 Å². The Morgan fingerprint density at radius 3 is 2.72 bits per heavy atom. The molecule has 0 aromatic carbocycles. The summed E-state index contributed by atoms with van der Waals surface area (Å²) in [6.07, 6.45) is 4.21. The molecule has 1 aliphatic rings. The van der Waals surface area contributed by atoms with Crippen LogP contribution < -0.4 is 0 Å². The summed E-state index contributed by atoms with van der Waals surface area (Å²) in [7, 11) is -1.45. The van der Waals surface area contributed by atoms with E-state index in [-0.39, 0.29) is 11.6 Å². The molecule has 1 rings (SSSR count). The van der Waals surface area contributed by atoms with Gasteiger partial charge in [0.1, 0.15) is 0 Å². The third kappa shape index (κ3) is 4.94. The van der Waals surface area contributed by atoms with Gasteiger partial charge in [-0.25, -0.2) is 4.79 Å². The highest BCUT2D eigenvalue weighted by molar-refractivity contribution is 6.71. The molecule has 0 bridgehead atoms. The number of carbonyl (C=O) groups is 1. The van der Waals surface area contributed by atoms with Crippen LogP contribution in [0.2, 0.25) is 19.1 Å². The van der Waals surface area contributed by atoms with Gasteiger partial charge < -0.3 is 9.16 Å². The lowest BCUT2D eigenvalue weighted by Gasteiger charge is -2.42. The number of hydrogen-bond acceptors (Lipinski definition) is 3. The Hall–Kier alpha value is -0.613. The second kappa shape index (κ2) is 6.02. The fourth-order valence-corrected chi connectivity index (χ4v) is 5.24. The molecular weight excluding hydrogens is 244 g/mol. The number of hydrogen-bond donors (Lipinski definition) is 0. The van der Waals surface area contributed by atoms with Crippen LogP contribution in [0.3, 0.4) is 0 Å². The van der Waals surface area contributed by atoms with Gasteiger partial charge in [0.05, 0.1) is 12.2 Å². The van der Waals surface area contributed by atoms with Crippen LogP contribution in [0.5, 0.6) is 0 Å². The second-order valence-electron chi connectivity index (χ2n) is 6.19. The minimum Gasteiger partial charge on any atom is -0.462 e. The molecule has 0 spiro atoms.